The summed E-state index contributed by atoms with van der Waals surface area (Å²) in [7, 11) is 0. The van der Waals surface area contributed by atoms with Gasteiger partial charge in [-0.1, -0.05) is 32.0 Å². The van der Waals surface area contributed by atoms with E-state index < -0.39 is 0 Å². The maximum absolute atomic E-state index is 12.2. The Morgan fingerprint density at radius 3 is 2.83 bits per heavy atom. The van der Waals surface area contributed by atoms with Gasteiger partial charge < -0.3 is 10.1 Å². The van der Waals surface area contributed by atoms with E-state index in [1.807, 2.05) is 18.2 Å². The third-order valence-corrected chi connectivity index (χ3v) is 3.37. The Bertz CT molecular complexity index is 409. The third kappa shape index (κ3) is 3.10. The highest BCUT2D eigenvalue weighted by atomic mass is 16.5. The zero-order valence-corrected chi connectivity index (χ0v) is 11.1. The molecule has 0 spiro atoms. The molecule has 1 saturated heterocycles. The number of carbonyl (C=O) groups is 1. The summed E-state index contributed by atoms with van der Waals surface area (Å²) in [6, 6.07) is 8.00. The zero-order valence-electron chi connectivity index (χ0n) is 11.1. The predicted molar refractivity (Wildman–Crippen MR) is 72.7 cm³/mol. The highest BCUT2D eigenvalue weighted by Gasteiger charge is 2.22. The van der Waals surface area contributed by atoms with Gasteiger partial charge >= 0.3 is 0 Å². The third-order valence-electron chi connectivity index (χ3n) is 3.37. The number of hydrogen-bond donors (Lipinski definition) is 1. The summed E-state index contributed by atoms with van der Waals surface area (Å²) < 4.78 is 5.36. The Hall–Kier alpha value is -1.35. The minimum atomic E-state index is -0.000955. The molecular formula is C15H21NO2. The van der Waals surface area contributed by atoms with Crippen LogP contribution in [0.3, 0.4) is 0 Å². The van der Waals surface area contributed by atoms with Crippen molar-refractivity contribution < 1.29 is 9.53 Å². The molecule has 1 aromatic rings. The lowest BCUT2D eigenvalue weighted by Crippen LogP contribution is -2.30. The molecular weight excluding hydrogens is 226 g/mol. The summed E-state index contributed by atoms with van der Waals surface area (Å²) in [4.78, 5) is 12.2. The predicted octanol–water partition coefficient (Wildman–Crippen LogP) is 3.18. The van der Waals surface area contributed by atoms with Crippen molar-refractivity contribution in [2.24, 2.45) is 5.92 Å². The molecule has 1 N–H and O–H groups in total. The van der Waals surface area contributed by atoms with E-state index in [-0.39, 0.29) is 11.8 Å². The van der Waals surface area contributed by atoms with Gasteiger partial charge in [0.05, 0.1) is 12.5 Å². The molecule has 0 bridgehead atoms. The van der Waals surface area contributed by atoms with Crippen LogP contribution in [0.15, 0.2) is 24.3 Å². The quantitative estimate of drug-likeness (QED) is 0.891. The molecule has 18 heavy (non-hydrogen) atoms. The number of amides is 1. The fourth-order valence-corrected chi connectivity index (χ4v) is 2.30. The number of benzene rings is 1. The smallest absolute Gasteiger partial charge is 0.229 e. The van der Waals surface area contributed by atoms with Crippen molar-refractivity contribution in [1.29, 1.82) is 0 Å². The van der Waals surface area contributed by atoms with Crippen molar-refractivity contribution in [3.63, 3.8) is 0 Å². The summed E-state index contributed by atoms with van der Waals surface area (Å²) in [6.45, 7) is 5.60. The molecule has 3 heteroatoms. The van der Waals surface area contributed by atoms with E-state index in [4.69, 9.17) is 4.74 Å². The Morgan fingerprint density at radius 1 is 1.39 bits per heavy atom. The molecule has 98 valence electrons. The summed E-state index contributed by atoms with van der Waals surface area (Å²) >= 11 is 0. The van der Waals surface area contributed by atoms with E-state index in [1.54, 1.807) is 0 Å². The number of ether oxygens (including phenoxy) is 1. The monoisotopic (exact) mass is 247 g/mol. The van der Waals surface area contributed by atoms with Gasteiger partial charge in [0, 0.05) is 12.3 Å². The van der Waals surface area contributed by atoms with Gasteiger partial charge in [0.2, 0.25) is 5.91 Å². The van der Waals surface area contributed by atoms with Gasteiger partial charge in [-0.25, -0.2) is 0 Å². The molecule has 0 aliphatic carbocycles. The topological polar surface area (TPSA) is 38.3 Å². The van der Waals surface area contributed by atoms with Crippen molar-refractivity contribution >= 4 is 11.6 Å². The molecule has 0 radical (unpaired) electrons. The van der Waals surface area contributed by atoms with Gasteiger partial charge in [0.25, 0.3) is 0 Å². The summed E-state index contributed by atoms with van der Waals surface area (Å²) in [6.07, 6.45) is 1.90. The molecule has 1 atom stereocenters. The lowest BCUT2D eigenvalue weighted by Gasteiger charge is -2.22. The molecule has 1 aliphatic heterocycles. The van der Waals surface area contributed by atoms with Crippen LogP contribution in [0.1, 0.15) is 38.2 Å². The van der Waals surface area contributed by atoms with Crippen LogP contribution in [0, 0.1) is 5.92 Å². The number of hydrogen-bond acceptors (Lipinski definition) is 2. The van der Waals surface area contributed by atoms with Crippen LogP contribution in [-0.4, -0.2) is 19.1 Å². The van der Waals surface area contributed by atoms with Gasteiger partial charge in [-0.2, -0.15) is 0 Å². The summed E-state index contributed by atoms with van der Waals surface area (Å²) in [5.41, 5.74) is 2.12. The van der Waals surface area contributed by atoms with Crippen LogP contribution in [0.5, 0.6) is 0 Å². The van der Waals surface area contributed by atoms with Crippen LogP contribution in [0.25, 0.3) is 0 Å². The molecule has 1 heterocycles. The van der Waals surface area contributed by atoms with Gasteiger partial charge in [0.15, 0.2) is 0 Å². The Balaban J connectivity index is 2.06. The van der Waals surface area contributed by atoms with Crippen molar-refractivity contribution in [3.8, 4) is 0 Å². The molecule has 0 saturated carbocycles. The van der Waals surface area contributed by atoms with Gasteiger partial charge in [-0.15, -0.1) is 0 Å². The number of rotatable bonds is 3. The minimum absolute atomic E-state index is 0.000955. The zero-order chi connectivity index (χ0) is 13.0. The standard InChI is InChI=1S/C15H21NO2/c1-11(2)13-7-3-4-8-14(13)16-15(17)12-6-5-9-18-10-12/h3-4,7-8,11-12H,5-6,9-10H2,1-2H3,(H,16,17). The van der Waals surface area contributed by atoms with Crippen molar-refractivity contribution in [2.75, 3.05) is 18.5 Å². The van der Waals surface area contributed by atoms with Crippen LogP contribution in [-0.2, 0) is 9.53 Å². The van der Waals surface area contributed by atoms with E-state index in [1.165, 1.54) is 5.56 Å². The molecule has 3 nitrogen and oxygen atoms in total. The van der Waals surface area contributed by atoms with Gasteiger partial charge in [-0.3, -0.25) is 4.79 Å². The first-order valence-corrected chi connectivity index (χ1v) is 6.66. The maximum Gasteiger partial charge on any atom is 0.229 e. The maximum atomic E-state index is 12.2. The Morgan fingerprint density at radius 2 is 2.17 bits per heavy atom. The van der Waals surface area contributed by atoms with E-state index in [2.05, 4.69) is 25.2 Å². The fraction of sp³-hybridized carbons (Fsp3) is 0.533. The number of para-hydroxylation sites is 1. The first-order chi connectivity index (χ1) is 8.68. The van der Waals surface area contributed by atoms with Crippen LogP contribution < -0.4 is 5.32 Å². The Kier molecular flexibility index (Phi) is 4.37. The van der Waals surface area contributed by atoms with Crippen molar-refractivity contribution in [1.82, 2.24) is 0 Å². The second-order valence-corrected chi connectivity index (χ2v) is 5.15. The number of anilines is 1. The molecule has 2 rings (SSSR count). The Labute approximate surface area is 109 Å². The van der Waals surface area contributed by atoms with E-state index in [9.17, 15) is 4.79 Å². The average molecular weight is 247 g/mol. The van der Waals surface area contributed by atoms with Crippen LogP contribution >= 0.6 is 0 Å². The first kappa shape index (κ1) is 13.1. The first-order valence-electron chi connectivity index (χ1n) is 6.66. The minimum Gasteiger partial charge on any atom is -0.381 e. The van der Waals surface area contributed by atoms with Crippen molar-refractivity contribution in [2.45, 2.75) is 32.6 Å². The second kappa shape index (κ2) is 6.01. The molecule has 1 aliphatic rings. The van der Waals surface area contributed by atoms with Crippen LogP contribution in [0.4, 0.5) is 5.69 Å². The molecule has 1 amide bonds. The van der Waals surface area contributed by atoms with E-state index in [0.29, 0.717) is 12.5 Å². The second-order valence-electron chi connectivity index (χ2n) is 5.15. The highest BCUT2D eigenvalue weighted by molar-refractivity contribution is 5.93. The molecule has 1 unspecified atom stereocenters. The van der Waals surface area contributed by atoms with Crippen molar-refractivity contribution in [3.05, 3.63) is 29.8 Å². The molecule has 1 fully saturated rings. The summed E-state index contributed by atoms with van der Waals surface area (Å²) in [5, 5.41) is 3.04. The number of nitrogens with one attached hydrogen (secondary N) is 1. The lowest BCUT2D eigenvalue weighted by molar-refractivity contribution is -0.123. The highest BCUT2D eigenvalue weighted by Crippen LogP contribution is 2.25. The average Bonchev–Trinajstić information content (AvgIpc) is 2.40. The largest absolute Gasteiger partial charge is 0.381 e. The summed E-state index contributed by atoms with van der Waals surface area (Å²) in [5.74, 6) is 0.492. The lowest BCUT2D eigenvalue weighted by atomic mass is 9.99. The normalized spacial score (nSPS) is 19.8. The molecule has 1 aromatic carbocycles. The SMILES string of the molecule is CC(C)c1ccccc1NC(=O)C1CCCOC1. The van der Waals surface area contributed by atoms with Gasteiger partial charge in [-0.05, 0) is 30.4 Å². The van der Waals surface area contributed by atoms with Gasteiger partial charge in [0.1, 0.15) is 0 Å². The molecule has 0 aromatic heterocycles. The van der Waals surface area contributed by atoms with E-state index >= 15 is 0 Å². The fourth-order valence-electron chi connectivity index (χ4n) is 2.30. The van der Waals surface area contributed by atoms with Crippen LogP contribution in [0.2, 0.25) is 0 Å². The van der Waals surface area contributed by atoms with E-state index in [0.717, 1.165) is 25.1 Å². The number of carbonyl (C=O) groups excluding carboxylic acids is 1.